The minimum absolute atomic E-state index is 0.00354. The average Bonchev–Trinajstić information content (AvgIpc) is 2.65. The zero-order valence-electron chi connectivity index (χ0n) is 14.2. The Labute approximate surface area is 146 Å². The third-order valence-corrected chi connectivity index (χ3v) is 4.39. The molecule has 6 heteroatoms. The van der Waals surface area contributed by atoms with Gasteiger partial charge in [0.05, 0.1) is 10.5 Å². The summed E-state index contributed by atoms with van der Waals surface area (Å²) in [6.45, 7) is 7.60. The van der Waals surface area contributed by atoms with Gasteiger partial charge < -0.3 is 0 Å². The van der Waals surface area contributed by atoms with E-state index in [1.165, 1.54) is 12.1 Å². The van der Waals surface area contributed by atoms with Crippen molar-refractivity contribution in [2.45, 2.75) is 19.4 Å². The quantitative estimate of drug-likeness (QED) is 0.459. The van der Waals surface area contributed by atoms with Crippen molar-refractivity contribution in [2.75, 3.05) is 0 Å². The van der Waals surface area contributed by atoms with E-state index in [1.807, 2.05) is 19.9 Å². The number of carbonyl (C=O) groups excluding carboxylic acids is 1. The molecule has 0 unspecified atom stereocenters. The van der Waals surface area contributed by atoms with Gasteiger partial charge in [-0.2, -0.15) is 0 Å². The molecule has 0 spiro atoms. The number of nitrogens with zero attached hydrogens (tertiary/aromatic N) is 1. The molecule has 0 heterocycles. The minimum atomic E-state index is -0.766. The van der Waals surface area contributed by atoms with Crippen LogP contribution in [-0.4, -0.2) is 10.8 Å². The second-order valence-corrected chi connectivity index (χ2v) is 5.98. The van der Waals surface area contributed by atoms with Crippen LogP contribution in [-0.2, 0) is 5.54 Å². The highest BCUT2D eigenvalue weighted by Gasteiger charge is 2.33. The Bertz CT molecular complexity index is 776. The third-order valence-electron chi connectivity index (χ3n) is 4.39. The maximum Gasteiger partial charge on any atom is 0.269 e. The van der Waals surface area contributed by atoms with Gasteiger partial charge in [-0.3, -0.25) is 20.3 Å². The van der Waals surface area contributed by atoms with Crippen LogP contribution in [0.4, 0.5) is 5.69 Å². The van der Waals surface area contributed by atoms with Crippen LogP contribution in [0.1, 0.15) is 29.8 Å². The van der Waals surface area contributed by atoms with Gasteiger partial charge in [0.2, 0.25) is 0 Å². The highest BCUT2D eigenvalue weighted by molar-refractivity contribution is 5.93. The summed E-state index contributed by atoms with van der Waals surface area (Å²) in [4.78, 5) is 22.9. The Morgan fingerprint density at radius 2 is 1.92 bits per heavy atom. The van der Waals surface area contributed by atoms with Gasteiger partial charge in [-0.25, -0.2) is 5.43 Å². The SMILES string of the molecule is C=C[C@H](C)[C@@](C)(NNC(=O)c1ccccc1)c1cccc([N+](=O)[O-])c1. The molecule has 2 atom stereocenters. The predicted octanol–water partition coefficient (Wildman–Crippen LogP) is 3.57. The van der Waals surface area contributed by atoms with Crippen LogP contribution in [0.15, 0.2) is 67.3 Å². The summed E-state index contributed by atoms with van der Waals surface area (Å²) < 4.78 is 0. The molecular weight excluding hydrogens is 318 g/mol. The van der Waals surface area contributed by atoms with Crippen molar-refractivity contribution in [3.63, 3.8) is 0 Å². The van der Waals surface area contributed by atoms with E-state index in [1.54, 1.807) is 42.5 Å². The Morgan fingerprint density at radius 3 is 2.52 bits per heavy atom. The molecule has 2 rings (SSSR count). The standard InChI is InChI=1S/C19H21N3O3/c1-4-14(2)19(3,16-11-8-12-17(13-16)22(24)25)21-20-18(23)15-9-6-5-7-10-15/h4-14,21H,1H2,2-3H3,(H,20,23)/t14-,19+/m0/s1. The Morgan fingerprint density at radius 1 is 1.24 bits per heavy atom. The summed E-state index contributed by atoms with van der Waals surface area (Å²) >= 11 is 0. The molecule has 130 valence electrons. The van der Waals surface area contributed by atoms with Crippen molar-refractivity contribution in [1.82, 2.24) is 10.9 Å². The molecule has 0 radical (unpaired) electrons. The Kier molecular flexibility index (Phi) is 5.67. The topological polar surface area (TPSA) is 84.3 Å². The van der Waals surface area contributed by atoms with E-state index >= 15 is 0 Å². The number of hydrogen-bond donors (Lipinski definition) is 2. The van der Waals surface area contributed by atoms with Crippen LogP contribution in [0.5, 0.6) is 0 Å². The molecule has 0 aliphatic carbocycles. The van der Waals surface area contributed by atoms with Gasteiger partial charge >= 0.3 is 0 Å². The number of nitro benzene ring substituents is 1. The van der Waals surface area contributed by atoms with Crippen LogP contribution in [0.2, 0.25) is 0 Å². The third kappa shape index (κ3) is 4.10. The lowest BCUT2D eigenvalue weighted by atomic mass is 9.81. The number of rotatable bonds is 7. The fraction of sp³-hybridized carbons (Fsp3) is 0.211. The van der Waals surface area contributed by atoms with E-state index in [4.69, 9.17) is 0 Å². The highest BCUT2D eigenvalue weighted by Crippen LogP contribution is 2.31. The van der Waals surface area contributed by atoms with E-state index in [0.717, 1.165) is 0 Å². The molecule has 1 amide bonds. The lowest BCUT2D eigenvalue weighted by Gasteiger charge is -2.35. The molecule has 0 aliphatic heterocycles. The van der Waals surface area contributed by atoms with Crippen molar-refractivity contribution in [2.24, 2.45) is 5.92 Å². The molecular formula is C19H21N3O3. The summed E-state index contributed by atoms with van der Waals surface area (Å²) in [5, 5.41) is 11.1. The summed E-state index contributed by atoms with van der Waals surface area (Å²) in [7, 11) is 0. The number of hydrogen-bond acceptors (Lipinski definition) is 4. The molecule has 25 heavy (non-hydrogen) atoms. The molecule has 0 aliphatic rings. The van der Waals surface area contributed by atoms with Crippen LogP contribution >= 0.6 is 0 Å². The number of non-ortho nitro benzene ring substituents is 1. The number of nitrogens with one attached hydrogen (secondary N) is 2. The summed E-state index contributed by atoms with van der Waals surface area (Å²) in [6.07, 6.45) is 1.74. The molecule has 0 bridgehead atoms. The average molecular weight is 339 g/mol. The highest BCUT2D eigenvalue weighted by atomic mass is 16.6. The number of hydrazine groups is 1. The zero-order chi connectivity index (χ0) is 18.4. The molecule has 0 saturated heterocycles. The number of benzene rings is 2. The fourth-order valence-corrected chi connectivity index (χ4v) is 2.48. The van der Waals surface area contributed by atoms with Crippen molar-refractivity contribution >= 4 is 11.6 Å². The second-order valence-electron chi connectivity index (χ2n) is 5.98. The lowest BCUT2D eigenvalue weighted by molar-refractivity contribution is -0.385. The van der Waals surface area contributed by atoms with Crippen LogP contribution in [0, 0.1) is 16.0 Å². The summed E-state index contributed by atoms with van der Waals surface area (Å²) in [5.41, 5.74) is 6.16. The first kappa shape index (κ1) is 18.4. The second kappa shape index (κ2) is 7.72. The van der Waals surface area contributed by atoms with Crippen molar-refractivity contribution in [3.8, 4) is 0 Å². The van der Waals surface area contributed by atoms with E-state index in [2.05, 4.69) is 17.4 Å². The van der Waals surface area contributed by atoms with Gasteiger partial charge in [0.1, 0.15) is 0 Å². The van der Waals surface area contributed by atoms with E-state index in [-0.39, 0.29) is 17.5 Å². The van der Waals surface area contributed by atoms with Gasteiger partial charge in [-0.1, -0.05) is 43.3 Å². The fourth-order valence-electron chi connectivity index (χ4n) is 2.48. The smallest absolute Gasteiger partial charge is 0.269 e. The van der Waals surface area contributed by atoms with Gasteiger partial charge in [-0.05, 0) is 30.5 Å². The first-order valence-corrected chi connectivity index (χ1v) is 7.88. The summed E-state index contributed by atoms with van der Waals surface area (Å²) in [6, 6.07) is 15.2. The monoisotopic (exact) mass is 339 g/mol. The lowest BCUT2D eigenvalue weighted by Crippen LogP contribution is -2.53. The maximum atomic E-state index is 12.3. The van der Waals surface area contributed by atoms with Crippen molar-refractivity contribution in [1.29, 1.82) is 0 Å². The van der Waals surface area contributed by atoms with E-state index in [0.29, 0.717) is 11.1 Å². The maximum absolute atomic E-state index is 12.3. The van der Waals surface area contributed by atoms with Crippen LogP contribution in [0.25, 0.3) is 0 Å². The van der Waals surface area contributed by atoms with Gasteiger partial charge in [0, 0.05) is 17.7 Å². The first-order valence-electron chi connectivity index (χ1n) is 7.88. The minimum Gasteiger partial charge on any atom is -0.287 e. The molecule has 2 N–H and O–H groups in total. The van der Waals surface area contributed by atoms with Crippen LogP contribution < -0.4 is 10.9 Å². The normalized spacial score (nSPS) is 14.2. The number of nitro groups is 1. The molecule has 0 saturated carbocycles. The van der Waals surface area contributed by atoms with Gasteiger partial charge in [-0.15, -0.1) is 6.58 Å². The number of amides is 1. The Hall–Kier alpha value is -2.99. The molecule has 6 nitrogen and oxygen atoms in total. The molecule has 0 aromatic heterocycles. The zero-order valence-corrected chi connectivity index (χ0v) is 14.2. The molecule has 2 aromatic carbocycles. The Balaban J connectivity index is 2.29. The van der Waals surface area contributed by atoms with Gasteiger partial charge in [0.15, 0.2) is 0 Å². The van der Waals surface area contributed by atoms with Gasteiger partial charge in [0.25, 0.3) is 11.6 Å². The van der Waals surface area contributed by atoms with Crippen molar-refractivity contribution < 1.29 is 9.72 Å². The first-order chi connectivity index (χ1) is 11.9. The van der Waals surface area contributed by atoms with Crippen molar-refractivity contribution in [3.05, 3.63) is 88.5 Å². The predicted molar refractivity (Wildman–Crippen MR) is 96.9 cm³/mol. The largest absolute Gasteiger partial charge is 0.287 e. The molecule has 2 aromatic rings. The van der Waals surface area contributed by atoms with Crippen LogP contribution in [0.3, 0.4) is 0 Å². The summed E-state index contributed by atoms with van der Waals surface area (Å²) in [5.74, 6) is -0.390. The molecule has 0 fully saturated rings. The number of carbonyl (C=O) groups is 1. The van der Waals surface area contributed by atoms with E-state index in [9.17, 15) is 14.9 Å². The van der Waals surface area contributed by atoms with E-state index < -0.39 is 10.5 Å².